The molecule has 0 saturated carbocycles. The smallest absolute Gasteiger partial charge is 0.219 e. The number of hydrogen-bond donors (Lipinski definition) is 1. The zero-order valence-electron chi connectivity index (χ0n) is 7.33. The standard InChI is InChI=1S/C8H12N4/c1-6-5-7(2)12(11-6)8-9-3-4-10-8/h5H,3-4H2,1-2H3,(H,9,10). The lowest BCUT2D eigenvalue weighted by Crippen LogP contribution is -2.27. The second-order valence-corrected chi connectivity index (χ2v) is 2.97. The third kappa shape index (κ3) is 1.09. The summed E-state index contributed by atoms with van der Waals surface area (Å²) in [5.41, 5.74) is 2.16. The third-order valence-electron chi connectivity index (χ3n) is 1.87. The van der Waals surface area contributed by atoms with Gasteiger partial charge in [0.25, 0.3) is 0 Å². The van der Waals surface area contributed by atoms with Crippen molar-refractivity contribution < 1.29 is 0 Å². The zero-order chi connectivity index (χ0) is 8.55. The summed E-state index contributed by atoms with van der Waals surface area (Å²) >= 11 is 0. The van der Waals surface area contributed by atoms with Crippen LogP contribution in [0.4, 0.5) is 0 Å². The van der Waals surface area contributed by atoms with Gasteiger partial charge in [-0.05, 0) is 19.9 Å². The average molecular weight is 164 g/mol. The Morgan fingerprint density at radius 1 is 1.50 bits per heavy atom. The highest BCUT2D eigenvalue weighted by molar-refractivity contribution is 5.83. The fourth-order valence-corrected chi connectivity index (χ4v) is 1.37. The summed E-state index contributed by atoms with van der Waals surface area (Å²) in [6.45, 7) is 5.79. The highest BCUT2D eigenvalue weighted by Gasteiger charge is 2.10. The van der Waals surface area contributed by atoms with Crippen molar-refractivity contribution in [2.45, 2.75) is 13.8 Å². The number of nitrogens with one attached hydrogen (secondary N) is 1. The van der Waals surface area contributed by atoms with Gasteiger partial charge in [-0.3, -0.25) is 0 Å². The predicted molar refractivity (Wildman–Crippen MR) is 47.4 cm³/mol. The maximum absolute atomic E-state index is 4.32. The molecular weight excluding hydrogens is 152 g/mol. The molecule has 0 aromatic carbocycles. The highest BCUT2D eigenvalue weighted by Crippen LogP contribution is 2.02. The molecular formula is C8H12N4. The summed E-state index contributed by atoms with van der Waals surface area (Å²) in [6, 6.07) is 2.04. The van der Waals surface area contributed by atoms with Crippen molar-refractivity contribution in [3.05, 3.63) is 17.5 Å². The Balaban J connectivity index is 2.38. The van der Waals surface area contributed by atoms with Crippen LogP contribution in [0.3, 0.4) is 0 Å². The van der Waals surface area contributed by atoms with Crippen molar-refractivity contribution in [3.8, 4) is 0 Å². The zero-order valence-corrected chi connectivity index (χ0v) is 7.33. The van der Waals surface area contributed by atoms with E-state index < -0.39 is 0 Å². The second-order valence-electron chi connectivity index (χ2n) is 2.97. The largest absolute Gasteiger partial charge is 0.353 e. The van der Waals surface area contributed by atoms with Crippen LogP contribution >= 0.6 is 0 Å². The van der Waals surface area contributed by atoms with Crippen molar-refractivity contribution >= 4 is 5.96 Å². The van der Waals surface area contributed by atoms with Gasteiger partial charge in [0.2, 0.25) is 5.96 Å². The summed E-state index contributed by atoms with van der Waals surface area (Å²) in [4.78, 5) is 4.29. The van der Waals surface area contributed by atoms with Crippen molar-refractivity contribution in [3.63, 3.8) is 0 Å². The first-order valence-electron chi connectivity index (χ1n) is 4.09. The Bertz CT molecular complexity index is 324. The van der Waals surface area contributed by atoms with Crippen LogP contribution in [0.1, 0.15) is 11.4 Å². The van der Waals surface area contributed by atoms with Crippen LogP contribution in [-0.2, 0) is 0 Å². The Kier molecular flexibility index (Phi) is 1.60. The number of rotatable bonds is 0. The van der Waals surface area contributed by atoms with Crippen LogP contribution in [0, 0.1) is 13.8 Å². The van der Waals surface area contributed by atoms with Crippen LogP contribution in [-0.4, -0.2) is 28.8 Å². The monoisotopic (exact) mass is 164 g/mol. The molecule has 1 aromatic rings. The molecule has 0 saturated heterocycles. The molecule has 1 aromatic heterocycles. The van der Waals surface area contributed by atoms with E-state index in [1.54, 1.807) is 0 Å². The Morgan fingerprint density at radius 3 is 2.83 bits per heavy atom. The summed E-state index contributed by atoms with van der Waals surface area (Å²) in [5.74, 6) is 0.876. The quantitative estimate of drug-likeness (QED) is 0.599. The first-order chi connectivity index (χ1) is 5.77. The molecule has 4 nitrogen and oxygen atoms in total. The fraction of sp³-hybridized carbons (Fsp3) is 0.500. The average Bonchev–Trinajstić information content (AvgIpc) is 2.58. The van der Waals surface area contributed by atoms with E-state index >= 15 is 0 Å². The van der Waals surface area contributed by atoms with Gasteiger partial charge in [-0.15, -0.1) is 0 Å². The lowest BCUT2D eigenvalue weighted by atomic mass is 10.4. The van der Waals surface area contributed by atoms with Crippen molar-refractivity contribution in [1.29, 1.82) is 0 Å². The first kappa shape index (κ1) is 7.34. The molecule has 0 aliphatic carbocycles. The Morgan fingerprint density at radius 2 is 2.33 bits per heavy atom. The molecule has 0 unspecified atom stereocenters. The molecule has 0 radical (unpaired) electrons. The van der Waals surface area contributed by atoms with E-state index in [4.69, 9.17) is 0 Å². The van der Waals surface area contributed by atoms with Crippen LogP contribution in [0.5, 0.6) is 0 Å². The molecule has 0 bridgehead atoms. The molecule has 1 aliphatic heterocycles. The molecule has 0 atom stereocenters. The number of aromatic nitrogens is 2. The van der Waals surface area contributed by atoms with Gasteiger partial charge in [-0.2, -0.15) is 5.10 Å². The lowest BCUT2D eigenvalue weighted by Gasteiger charge is -2.02. The minimum atomic E-state index is 0.855. The normalized spacial score (nSPS) is 16.0. The molecule has 12 heavy (non-hydrogen) atoms. The number of hydrogen-bond acceptors (Lipinski definition) is 3. The highest BCUT2D eigenvalue weighted by atomic mass is 15.4. The summed E-state index contributed by atoms with van der Waals surface area (Å²) in [6.07, 6.45) is 0. The molecule has 1 aliphatic rings. The van der Waals surface area contributed by atoms with E-state index in [0.29, 0.717) is 0 Å². The van der Waals surface area contributed by atoms with E-state index in [9.17, 15) is 0 Å². The van der Waals surface area contributed by atoms with Crippen molar-refractivity contribution in [2.75, 3.05) is 13.1 Å². The molecule has 1 N–H and O–H groups in total. The van der Waals surface area contributed by atoms with Gasteiger partial charge >= 0.3 is 0 Å². The molecule has 0 spiro atoms. The van der Waals surface area contributed by atoms with Gasteiger partial charge in [0.15, 0.2) is 0 Å². The van der Waals surface area contributed by atoms with Gasteiger partial charge in [-0.25, -0.2) is 9.67 Å². The Hall–Kier alpha value is -1.32. The van der Waals surface area contributed by atoms with Crippen LogP contribution in [0.2, 0.25) is 0 Å². The van der Waals surface area contributed by atoms with Gasteiger partial charge in [0.1, 0.15) is 0 Å². The van der Waals surface area contributed by atoms with E-state index in [-0.39, 0.29) is 0 Å². The van der Waals surface area contributed by atoms with Crippen molar-refractivity contribution in [2.24, 2.45) is 4.99 Å². The van der Waals surface area contributed by atoms with Crippen LogP contribution < -0.4 is 5.32 Å². The topological polar surface area (TPSA) is 42.2 Å². The molecule has 2 heterocycles. The molecule has 64 valence electrons. The lowest BCUT2D eigenvalue weighted by molar-refractivity contribution is 0.839. The molecule has 0 amide bonds. The van der Waals surface area contributed by atoms with E-state index in [1.807, 2.05) is 24.6 Å². The number of aryl methyl sites for hydroxylation is 2. The maximum Gasteiger partial charge on any atom is 0.219 e. The first-order valence-corrected chi connectivity index (χ1v) is 4.09. The predicted octanol–water partition coefficient (Wildman–Crippen LogP) is 0.307. The molecule has 0 fully saturated rings. The minimum Gasteiger partial charge on any atom is -0.353 e. The van der Waals surface area contributed by atoms with E-state index in [2.05, 4.69) is 15.4 Å². The second kappa shape index (κ2) is 2.62. The Labute approximate surface area is 71.3 Å². The van der Waals surface area contributed by atoms with Gasteiger partial charge in [0.05, 0.1) is 12.2 Å². The van der Waals surface area contributed by atoms with E-state index in [1.165, 1.54) is 0 Å². The van der Waals surface area contributed by atoms with E-state index in [0.717, 1.165) is 30.4 Å². The summed E-state index contributed by atoms with van der Waals surface area (Å²) in [7, 11) is 0. The van der Waals surface area contributed by atoms with Gasteiger partial charge < -0.3 is 5.32 Å². The summed E-state index contributed by atoms with van der Waals surface area (Å²) < 4.78 is 1.85. The third-order valence-corrected chi connectivity index (χ3v) is 1.87. The fourth-order valence-electron chi connectivity index (χ4n) is 1.37. The van der Waals surface area contributed by atoms with Gasteiger partial charge in [-0.1, -0.05) is 0 Å². The number of aliphatic imine (C=N–C) groups is 1. The maximum atomic E-state index is 4.32. The SMILES string of the molecule is Cc1cc(C)n(C2=NCCN2)n1. The molecule has 2 rings (SSSR count). The van der Waals surface area contributed by atoms with Crippen LogP contribution in [0.15, 0.2) is 11.1 Å². The van der Waals surface area contributed by atoms with Crippen LogP contribution in [0.25, 0.3) is 0 Å². The number of nitrogens with zero attached hydrogens (tertiary/aromatic N) is 3. The summed E-state index contributed by atoms with van der Waals surface area (Å²) in [5, 5.41) is 7.49. The minimum absolute atomic E-state index is 0.855. The van der Waals surface area contributed by atoms with Gasteiger partial charge in [0, 0.05) is 12.2 Å². The van der Waals surface area contributed by atoms with Crippen molar-refractivity contribution in [1.82, 2.24) is 15.1 Å². The molecule has 4 heteroatoms.